The summed E-state index contributed by atoms with van der Waals surface area (Å²) in [6.07, 6.45) is 1.30. The first kappa shape index (κ1) is 24.6. The van der Waals surface area contributed by atoms with Crippen LogP contribution in [-0.4, -0.2) is 38.9 Å². The lowest BCUT2D eigenvalue weighted by atomic mass is 10.2. The Morgan fingerprint density at radius 1 is 0.971 bits per heavy atom. The highest BCUT2D eigenvalue weighted by Crippen LogP contribution is 2.28. The van der Waals surface area contributed by atoms with Crippen LogP contribution in [0.4, 0.5) is 5.69 Å². The van der Waals surface area contributed by atoms with Gasteiger partial charge >= 0.3 is 0 Å². The maximum atomic E-state index is 12.6. The number of sulfonamides is 1. The number of para-hydroxylation sites is 1. The van der Waals surface area contributed by atoms with E-state index in [0.717, 1.165) is 0 Å². The van der Waals surface area contributed by atoms with E-state index >= 15 is 0 Å². The second kappa shape index (κ2) is 11.2. The molecule has 0 spiro atoms. The van der Waals surface area contributed by atoms with Gasteiger partial charge in [0, 0.05) is 16.8 Å². The number of phenols is 1. The highest BCUT2D eigenvalue weighted by molar-refractivity contribution is 7.92. The van der Waals surface area contributed by atoms with Crippen molar-refractivity contribution in [3.63, 3.8) is 0 Å². The van der Waals surface area contributed by atoms with Crippen molar-refractivity contribution in [1.29, 1.82) is 0 Å². The fraction of sp³-hybridized carbons (Fsp3) is 0.167. The zero-order chi connectivity index (χ0) is 24.6. The standard InChI is InChI=1S/C24H25N3O6S/c1-3-32-20-12-14-21(15-13-20)34(30,31)27-19-10-8-17(9-11-19)24(29)26-25-16-18-6-5-7-22(23(18)28)33-4-2/h5-16,27-28H,3-4H2,1-2H3,(H,26,29)/b25-16+. The molecule has 0 atom stereocenters. The number of amides is 1. The fourth-order valence-corrected chi connectivity index (χ4v) is 3.98. The number of hydrogen-bond acceptors (Lipinski definition) is 7. The number of ether oxygens (including phenoxy) is 2. The number of hydrogen-bond donors (Lipinski definition) is 3. The van der Waals surface area contributed by atoms with Crippen LogP contribution in [0.15, 0.2) is 76.7 Å². The van der Waals surface area contributed by atoms with Crippen molar-refractivity contribution < 1.29 is 27.8 Å². The van der Waals surface area contributed by atoms with Crippen LogP contribution < -0.4 is 19.6 Å². The predicted octanol–water partition coefficient (Wildman–Crippen LogP) is 3.75. The molecule has 10 heteroatoms. The Morgan fingerprint density at radius 2 is 1.65 bits per heavy atom. The molecule has 0 saturated carbocycles. The maximum Gasteiger partial charge on any atom is 0.271 e. The lowest BCUT2D eigenvalue weighted by molar-refractivity contribution is 0.0955. The number of carbonyl (C=O) groups excluding carboxylic acids is 1. The SMILES string of the molecule is CCOc1ccc(S(=O)(=O)Nc2ccc(C(=O)N/N=C/c3cccc(OCC)c3O)cc2)cc1. The largest absolute Gasteiger partial charge is 0.504 e. The zero-order valence-electron chi connectivity index (χ0n) is 18.7. The summed E-state index contributed by atoms with van der Waals surface area (Å²) in [6, 6.07) is 16.9. The van der Waals surface area contributed by atoms with Crippen molar-refractivity contribution in [1.82, 2.24) is 5.43 Å². The number of nitrogens with zero attached hydrogens (tertiary/aromatic N) is 1. The van der Waals surface area contributed by atoms with E-state index in [1.165, 1.54) is 42.6 Å². The van der Waals surface area contributed by atoms with Gasteiger partial charge in [-0.15, -0.1) is 0 Å². The number of aromatic hydroxyl groups is 1. The fourth-order valence-electron chi connectivity index (χ4n) is 2.93. The Bertz CT molecular complexity index is 1260. The average molecular weight is 484 g/mol. The molecule has 0 unspecified atom stereocenters. The number of benzene rings is 3. The topological polar surface area (TPSA) is 126 Å². The smallest absolute Gasteiger partial charge is 0.271 e. The van der Waals surface area contributed by atoms with E-state index < -0.39 is 15.9 Å². The third-order valence-electron chi connectivity index (χ3n) is 4.54. The number of carbonyl (C=O) groups is 1. The van der Waals surface area contributed by atoms with Crippen molar-refractivity contribution in [3.8, 4) is 17.2 Å². The summed E-state index contributed by atoms with van der Waals surface area (Å²) in [6.45, 7) is 4.53. The minimum absolute atomic E-state index is 0.0773. The van der Waals surface area contributed by atoms with E-state index in [-0.39, 0.29) is 16.2 Å². The van der Waals surface area contributed by atoms with E-state index in [0.29, 0.717) is 36.0 Å². The van der Waals surface area contributed by atoms with Gasteiger partial charge in [-0.05, 0) is 74.5 Å². The molecule has 34 heavy (non-hydrogen) atoms. The minimum atomic E-state index is -3.80. The van der Waals surface area contributed by atoms with Crippen LogP contribution in [0.1, 0.15) is 29.8 Å². The molecule has 0 radical (unpaired) electrons. The Morgan fingerprint density at radius 3 is 2.29 bits per heavy atom. The molecule has 0 aliphatic heterocycles. The first-order valence-electron chi connectivity index (χ1n) is 10.5. The second-order valence-corrected chi connectivity index (χ2v) is 8.60. The molecule has 3 aromatic rings. The van der Waals surface area contributed by atoms with Crippen molar-refractivity contribution in [2.45, 2.75) is 18.7 Å². The van der Waals surface area contributed by atoms with Crippen LogP contribution in [0.25, 0.3) is 0 Å². The van der Waals surface area contributed by atoms with Crippen LogP contribution in [0.5, 0.6) is 17.2 Å². The quantitative estimate of drug-likeness (QED) is 0.298. The molecule has 0 aliphatic rings. The van der Waals surface area contributed by atoms with Crippen LogP contribution in [0.2, 0.25) is 0 Å². The van der Waals surface area contributed by atoms with Crippen molar-refractivity contribution in [2.75, 3.05) is 17.9 Å². The van der Waals surface area contributed by atoms with Gasteiger partial charge in [-0.1, -0.05) is 6.07 Å². The molecule has 0 bridgehead atoms. The zero-order valence-corrected chi connectivity index (χ0v) is 19.5. The molecular formula is C24H25N3O6S. The van der Waals surface area contributed by atoms with Gasteiger partial charge in [0.2, 0.25) is 0 Å². The highest BCUT2D eigenvalue weighted by atomic mass is 32.2. The summed E-state index contributed by atoms with van der Waals surface area (Å²) in [5.41, 5.74) is 3.31. The van der Waals surface area contributed by atoms with E-state index in [1.807, 2.05) is 6.92 Å². The summed E-state index contributed by atoms with van der Waals surface area (Å²) >= 11 is 0. The highest BCUT2D eigenvalue weighted by Gasteiger charge is 2.15. The Kier molecular flexibility index (Phi) is 8.10. The van der Waals surface area contributed by atoms with E-state index in [9.17, 15) is 18.3 Å². The Balaban J connectivity index is 1.62. The molecule has 0 fully saturated rings. The molecule has 3 N–H and O–H groups in total. The van der Waals surface area contributed by atoms with E-state index in [1.54, 1.807) is 37.3 Å². The van der Waals surface area contributed by atoms with Crippen LogP contribution >= 0.6 is 0 Å². The summed E-state index contributed by atoms with van der Waals surface area (Å²) in [7, 11) is -3.80. The molecule has 0 saturated heterocycles. The van der Waals surface area contributed by atoms with Crippen LogP contribution in [-0.2, 0) is 10.0 Å². The maximum absolute atomic E-state index is 12.6. The number of hydrazone groups is 1. The van der Waals surface area contributed by atoms with Gasteiger partial charge in [-0.3, -0.25) is 9.52 Å². The lowest BCUT2D eigenvalue weighted by Crippen LogP contribution is -2.18. The number of nitrogens with one attached hydrogen (secondary N) is 2. The van der Waals surface area contributed by atoms with Gasteiger partial charge < -0.3 is 14.6 Å². The Labute approximate surface area is 198 Å². The summed E-state index contributed by atoms with van der Waals surface area (Å²) in [4.78, 5) is 12.4. The number of phenolic OH excluding ortho intramolecular Hbond substituents is 1. The minimum Gasteiger partial charge on any atom is -0.504 e. The van der Waals surface area contributed by atoms with Crippen molar-refractivity contribution in [3.05, 3.63) is 77.9 Å². The molecule has 3 aromatic carbocycles. The second-order valence-electron chi connectivity index (χ2n) is 6.91. The lowest BCUT2D eigenvalue weighted by Gasteiger charge is -2.10. The van der Waals surface area contributed by atoms with Gasteiger partial charge in [0.1, 0.15) is 5.75 Å². The van der Waals surface area contributed by atoms with Gasteiger partial charge in [0.25, 0.3) is 15.9 Å². The molecule has 1 amide bonds. The van der Waals surface area contributed by atoms with Gasteiger partial charge in [0.15, 0.2) is 11.5 Å². The monoisotopic (exact) mass is 483 g/mol. The van der Waals surface area contributed by atoms with E-state index in [2.05, 4.69) is 15.2 Å². The summed E-state index contributed by atoms with van der Waals surface area (Å²) in [5, 5.41) is 14.0. The summed E-state index contributed by atoms with van der Waals surface area (Å²) < 4.78 is 38.3. The van der Waals surface area contributed by atoms with Crippen molar-refractivity contribution >= 4 is 27.8 Å². The summed E-state index contributed by atoms with van der Waals surface area (Å²) in [5.74, 6) is 0.321. The third-order valence-corrected chi connectivity index (χ3v) is 5.94. The predicted molar refractivity (Wildman–Crippen MR) is 129 cm³/mol. The average Bonchev–Trinajstić information content (AvgIpc) is 2.82. The molecule has 3 rings (SSSR count). The molecule has 0 heterocycles. The van der Waals surface area contributed by atoms with E-state index in [4.69, 9.17) is 9.47 Å². The van der Waals surface area contributed by atoms with Crippen LogP contribution in [0.3, 0.4) is 0 Å². The van der Waals surface area contributed by atoms with Gasteiger partial charge in [-0.2, -0.15) is 5.10 Å². The Hall–Kier alpha value is -4.05. The van der Waals surface area contributed by atoms with Gasteiger partial charge in [-0.25, -0.2) is 13.8 Å². The van der Waals surface area contributed by atoms with Crippen LogP contribution in [0, 0.1) is 0 Å². The normalized spacial score (nSPS) is 11.2. The molecule has 0 aliphatic carbocycles. The molecule has 178 valence electrons. The third kappa shape index (κ3) is 6.26. The van der Waals surface area contributed by atoms with Crippen molar-refractivity contribution in [2.24, 2.45) is 5.10 Å². The molecule has 9 nitrogen and oxygen atoms in total. The van der Waals surface area contributed by atoms with Gasteiger partial charge in [0.05, 0.1) is 24.3 Å². The first-order chi connectivity index (χ1) is 16.3. The first-order valence-corrected chi connectivity index (χ1v) is 12.0. The molecular weight excluding hydrogens is 458 g/mol. The molecule has 0 aromatic heterocycles. The number of anilines is 1. The number of rotatable bonds is 10.